The fourth-order valence-corrected chi connectivity index (χ4v) is 1.67. The summed E-state index contributed by atoms with van der Waals surface area (Å²) in [6.45, 7) is 0. The lowest BCUT2D eigenvalue weighted by Crippen LogP contribution is -1.95. The summed E-state index contributed by atoms with van der Waals surface area (Å²) in [4.78, 5) is 4.69. The molecule has 3 heteroatoms. The quantitative estimate of drug-likeness (QED) is 0.605. The molecule has 1 aliphatic carbocycles. The number of nitrogens with zero attached hydrogens (tertiary/aromatic N) is 1. The summed E-state index contributed by atoms with van der Waals surface area (Å²) in [5.41, 5.74) is 2.50. The topological polar surface area (TPSA) is 21.6 Å². The van der Waals surface area contributed by atoms with Gasteiger partial charge in [0.15, 0.2) is 0 Å². The fourth-order valence-electron chi connectivity index (χ4n) is 1.67. The first-order valence-corrected chi connectivity index (χ1v) is 4.20. The first kappa shape index (κ1) is 8.23. The molecule has 0 radical (unpaired) electrons. The van der Waals surface area contributed by atoms with Crippen molar-refractivity contribution in [2.45, 2.75) is 12.8 Å². The van der Waals surface area contributed by atoms with Gasteiger partial charge in [-0.05, 0) is 24.5 Å². The highest BCUT2D eigenvalue weighted by molar-refractivity contribution is 6.04. The Hall–Kier alpha value is -1.38. The van der Waals surface area contributed by atoms with Crippen LogP contribution in [0.1, 0.15) is 17.5 Å². The molecule has 0 fully saturated rings. The van der Waals surface area contributed by atoms with E-state index in [4.69, 9.17) is 0 Å². The third-order valence-electron chi connectivity index (χ3n) is 2.24. The molecule has 1 aromatic rings. The van der Waals surface area contributed by atoms with Gasteiger partial charge in [0.25, 0.3) is 0 Å². The standard InChI is InChI=1S/C10H10FNO/c1-13-12-10-6-5-7-8(10)3-2-4-9(7)11/h2-4H,5-6H2,1H3/b12-10+. The molecular formula is C10H10FNO. The van der Waals surface area contributed by atoms with Gasteiger partial charge in [-0.3, -0.25) is 0 Å². The van der Waals surface area contributed by atoms with E-state index in [1.54, 1.807) is 6.07 Å². The number of halogens is 1. The van der Waals surface area contributed by atoms with Crippen molar-refractivity contribution in [2.75, 3.05) is 7.11 Å². The number of fused-ring (bicyclic) bond motifs is 1. The van der Waals surface area contributed by atoms with Crippen molar-refractivity contribution >= 4 is 5.71 Å². The second-order valence-electron chi connectivity index (χ2n) is 2.99. The van der Waals surface area contributed by atoms with Gasteiger partial charge in [-0.2, -0.15) is 0 Å². The van der Waals surface area contributed by atoms with Crippen LogP contribution in [-0.4, -0.2) is 12.8 Å². The lowest BCUT2D eigenvalue weighted by atomic mass is 10.1. The van der Waals surface area contributed by atoms with Crippen LogP contribution in [0.3, 0.4) is 0 Å². The van der Waals surface area contributed by atoms with Gasteiger partial charge in [0.2, 0.25) is 0 Å². The van der Waals surface area contributed by atoms with Gasteiger partial charge >= 0.3 is 0 Å². The molecule has 0 saturated heterocycles. The number of benzene rings is 1. The average Bonchev–Trinajstić information content (AvgIpc) is 2.51. The Kier molecular flexibility index (Phi) is 2.00. The van der Waals surface area contributed by atoms with Crippen molar-refractivity contribution in [3.05, 3.63) is 35.1 Å². The molecule has 1 aromatic carbocycles. The molecule has 0 bridgehead atoms. The van der Waals surface area contributed by atoms with E-state index in [2.05, 4.69) is 9.99 Å². The predicted octanol–water partition coefficient (Wildman–Crippen LogP) is 2.12. The highest BCUT2D eigenvalue weighted by Crippen LogP contribution is 2.24. The number of hydrogen-bond donors (Lipinski definition) is 0. The molecule has 0 unspecified atom stereocenters. The first-order chi connectivity index (χ1) is 6.33. The van der Waals surface area contributed by atoms with Crippen LogP contribution in [0.5, 0.6) is 0 Å². The van der Waals surface area contributed by atoms with Crippen molar-refractivity contribution in [2.24, 2.45) is 5.16 Å². The van der Waals surface area contributed by atoms with E-state index in [0.29, 0.717) is 0 Å². The third-order valence-corrected chi connectivity index (χ3v) is 2.24. The number of hydrogen-bond acceptors (Lipinski definition) is 2. The van der Waals surface area contributed by atoms with Crippen molar-refractivity contribution < 1.29 is 9.23 Å². The summed E-state index contributed by atoms with van der Waals surface area (Å²) in [5.74, 6) is -0.140. The zero-order valence-electron chi connectivity index (χ0n) is 7.38. The molecule has 13 heavy (non-hydrogen) atoms. The molecule has 0 aliphatic heterocycles. The zero-order chi connectivity index (χ0) is 9.26. The predicted molar refractivity (Wildman–Crippen MR) is 48.3 cm³/mol. The molecule has 2 nitrogen and oxygen atoms in total. The van der Waals surface area contributed by atoms with Gasteiger partial charge in [-0.25, -0.2) is 4.39 Å². The average molecular weight is 179 g/mol. The van der Waals surface area contributed by atoms with Crippen LogP contribution in [0.4, 0.5) is 4.39 Å². The molecular weight excluding hydrogens is 169 g/mol. The molecule has 0 spiro atoms. The molecule has 2 rings (SSSR count). The molecule has 1 aliphatic rings. The second-order valence-corrected chi connectivity index (χ2v) is 2.99. The molecule has 0 atom stereocenters. The zero-order valence-corrected chi connectivity index (χ0v) is 7.38. The summed E-state index contributed by atoms with van der Waals surface area (Å²) in [5, 5.41) is 3.86. The van der Waals surface area contributed by atoms with Crippen LogP contribution < -0.4 is 0 Å². The summed E-state index contributed by atoms with van der Waals surface area (Å²) >= 11 is 0. The first-order valence-electron chi connectivity index (χ1n) is 4.20. The van der Waals surface area contributed by atoms with Crippen molar-refractivity contribution in [3.63, 3.8) is 0 Å². The minimum atomic E-state index is -0.140. The van der Waals surface area contributed by atoms with Gasteiger partial charge in [0.1, 0.15) is 12.9 Å². The van der Waals surface area contributed by atoms with Crippen molar-refractivity contribution in [1.29, 1.82) is 0 Å². The van der Waals surface area contributed by atoms with E-state index >= 15 is 0 Å². The third kappa shape index (κ3) is 1.30. The van der Waals surface area contributed by atoms with E-state index in [1.807, 2.05) is 6.07 Å². The molecule has 68 valence electrons. The van der Waals surface area contributed by atoms with Crippen LogP contribution in [0, 0.1) is 5.82 Å². The number of rotatable bonds is 1. The van der Waals surface area contributed by atoms with E-state index < -0.39 is 0 Å². The van der Waals surface area contributed by atoms with E-state index in [9.17, 15) is 4.39 Å². The Bertz CT molecular complexity index is 360. The highest BCUT2D eigenvalue weighted by Gasteiger charge is 2.20. The Labute approximate surface area is 76.0 Å². The maximum absolute atomic E-state index is 13.2. The van der Waals surface area contributed by atoms with Gasteiger partial charge in [-0.15, -0.1) is 0 Å². The smallest absolute Gasteiger partial charge is 0.127 e. The monoisotopic (exact) mass is 179 g/mol. The summed E-state index contributed by atoms with van der Waals surface area (Å²) < 4.78 is 13.2. The van der Waals surface area contributed by atoms with Crippen LogP contribution in [0.15, 0.2) is 23.4 Å². The van der Waals surface area contributed by atoms with Gasteiger partial charge in [-0.1, -0.05) is 17.3 Å². The van der Waals surface area contributed by atoms with Gasteiger partial charge in [0, 0.05) is 5.56 Å². The Morgan fingerprint density at radius 3 is 3.00 bits per heavy atom. The maximum Gasteiger partial charge on any atom is 0.127 e. The van der Waals surface area contributed by atoms with E-state index in [1.165, 1.54) is 13.2 Å². The normalized spacial score (nSPS) is 17.5. The summed E-state index contributed by atoms with van der Waals surface area (Å²) in [6.07, 6.45) is 1.49. The highest BCUT2D eigenvalue weighted by atomic mass is 19.1. The van der Waals surface area contributed by atoms with Crippen LogP contribution in [-0.2, 0) is 11.3 Å². The van der Waals surface area contributed by atoms with Crippen LogP contribution in [0.2, 0.25) is 0 Å². The van der Waals surface area contributed by atoms with Crippen LogP contribution in [0.25, 0.3) is 0 Å². The van der Waals surface area contributed by atoms with Gasteiger partial charge in [0.05, 0.1) is 5.71 Å². The lowest BCUT2D eigenvalue weighted by Gasteiger charge is -1.99. The molecule has 0 saturated carbocycles. The lowest BCUT2D eigenvalue weighted by molar-refractivity contribution is 0.213. The minimum Gasteiger partial charge on any atom is -0.399 e. The fraction of sp³-hybridized carbons (Fsp3) is 0.300. The molecule has 0 aromatic heterocycles. The Morgan fingerprint density at radius 2 is 2.23 bits per heavy atom. The van der Waals surface area contributed by atoms with Crippen molar-refractivity contribution in [3.8, 4) is 0 Å². The second kappa shape index (κ2) is 3.17. The van der Waals surface area contributed by atoms with E-state index in [-0.39, 0.29) is 5.82 Å². The maximum atomic E-state index is 13.2. The van der Waals surface area contributed by atoms with Crippen LogP contribution >= 0.6 is 0 Å². The van der Waals surface area contributed by atoms with E-state index in [0.717, 1.165) is 29.7 Å². The largest absolute Gasteiger partial charge is 0.399 e. The number of oxime groups is 1. The summed E-state index contributed by atoms with van der Waals surface area (Å²) in [6, 6.07) is 5.06. The molecule has 0 heterocycles. The minimum absolute atomic E-state index is 0.140. The molecule has 0 amide bonds. The summed E-state index contributed by atoms with van der Waals surface area (Å²) in [7, 11) is 1.50. The Balaban J connectivity index is 2.49. The van der Waals surface area contributed by atoms with Gasteiger partial charge < -0.3 is 4.84 Å². The van der Waals surface area contributed by atoms with Crippen molar-refractivity contribution in [1.82, 2.24) is 0 Å². The Morgan fingerprint density at radius 1 is 1.38 bits per heavy atom. The SMILES string of the molecule is CO/N=C1\CCc2c(F)cccc21. The molecule has 0 N–H and O–H groups in total.